The number of benzene rings is 1. The number of carboxylic acid groups (broad SMARTS) is 1. The summed E-state index contributed by atoms with van der Waals surface area (Å²) in [6.07, 6.45) is 11.6. The minimum atomic E-state index is -0.677. The number of nitrogens with zero attached hydrogens (tertiary/aromatic N) is 1. The average molecular weight is 494 g/mol. The summed E-state index contributed by atoms with van der Waals surface area (Å²) in [5.41, 5.74) is 3.47. The van der Waals surface area contributed by atoms with E-state index in [9.17, 15) is 9.59 Å². The lowest BCUT2D eigenvalue weighted by molar-refractivity contribution is -0.138. The Morgan fingerprint density at radius 3 is 2.53 bits per heavy atom. The Bertz CT molecular complexity index is 1070. The van der Waals surface area contributed by atoms with Gasteiger partial charge in [-0.3, -0.25) is 14.6 Å². The lowest BCUT2D eigenvalue weighted by Gasteiger charge is -2.13. The lowest BCUT2D eigenvalue weighted by Crippen LogP contribution is -2.35. The molecule has 2 aromatic rings. The lowest BCUT2D eigenvalue weighted by atomic mass is 10.0. The van der Waals surface area contributed by atoms with Gasteiger partial charge in [-0.25, -0.2) is 0 Å². The van der Waals surface area contributed by atoms with Crippen LogP contribution in [0.25, 0.3) is 11.3 Å². The van der Waals surface area contributed by atoms with Crippen LogP contribution in [0.15, 0.2) is 76.2 Å². The number of pyridine rings is 1. The number of hydrogen-bond acceptors (Lipinski definition) is 4. The first-order chi connectivity index (χ1) is 17.3. The van der Waals surface area contributed by atoms with Gasteiger partial charge in [0, 0.05) is 30.4 Å². The predicted molar refractivity (Wildman–Crippen MR) is 152 cm³/mol. The van der Waals surface area contributed by atoms with Crippen molar-refractivity contribution in [2.45, 2.75) is 73.3 Å². The molecule has 6 nitrogen and oxygen atoms in total. The molecule has 0 bridgehead atoms. The van der Waals surface area contributed by atoms with Crippen LogP contribution in [0, 0.1) is 5.92 Å². The van der Waals surface area contributed by atoms with Gasteiger partial charge in [0.2, 0.25) is 0 Å². The molecule has 1 aromatic heterocycles. The zero-order chi connectivity index (χ0) is 26.9. The van der Waals surface area contributed by atoms with Crippen LogP contribution >= 0.6 is 0 Å². The van der Waals surface area contributed by atoms with E-state index in [1.807, 2.05) is 71.0 Å². The number of carboxylic acids is 1. The van der Waals surface area contributed by atoms with E-state index in [1.165, 1.54) is 5.57 Å². The van der Waals surface area contributed by atoms with Crippen LogP contribution in [0.3, 0.4) is 0 Å². The molecule has 1 aliphatic rings. The maximum absolute atomic E-state index is 12.6. The molecule has 0 spiro atoms. The van der Waals surface area contributed by atoms with E-state index >= 15 is 0 Å². The molecular weight excluding hydrogens is 450 g/mol. The van der Waals surface area contributed by atoms with E-state index in [4.69, 9.17) is 5.11 Å². The Morgan fingerprint density at radius 2 is 1.92 bits per heavy atom. The molecule has 1 aliphatic heterocycles. The van der Waals surface area contributed by atoms with Gasteiger partial charge in [0.1, 0.15) is 5.84 Å². The quantitative estimate of drug-likeness (QED) is 0.405. The number of hydrogen-bond donors (Lipinski definition) is 3. The van der Waals surface area contributed by atoms with Crippen molar-refractivity contribution in [2.24, 2.45) is 10.9 Å². The number of allylic oxidation sites excluding steroid dienone is 2. The second kappa shape index (κ2) is 17.1. The number of nitrogens with one attached hydrogen (secondary N) is 2. The van der Waals surface area contributed by atoms with Crippen molar-refractivity contribution in [1.82, 2.24) is 10.3 Å². The van der Waals surface area contributed by atoms with Crippen molar-refractivity contribution in [3.05, 3.63) is 82.2 Å². The monoisotopic (exact) mass is 493 g/mol. The van der Waals surface area contributed by atoms with E-state index in [2.05, 4.69) is 34.4 Å². The van der Waals surface area contributed by atoms with Gasteiger partial charge in [0.25, 0.3) is 0 Å². The Morgan fingerprint density at radius 1 is 1.22 bits per heavy atom. The number of rotatable bonds is 7. The fourth-order valence-electron chi connectivity index (χ4n) is 3.51. The molecule has 2 atom stereocenters. The SMILES string of the molecule is CC.CC1=C/CN=C(c2c[nH]c(-c3ccccc3)cc2=O)NC(C)/C=C\1.CCCCC(C)CC(=O)O. The van der Waals surface area contributed by atoms with Crippen LogP contribution in [0.2, 0.25) is 0 Å². The highest BCUT2D eigenvalue weighted by atomic mass is 16.4. The first-order valence-electron chi connectivity index (χ1n) is 13.0. The summed E-state index contributed by atoms with van der Waals surface area (Å²) in [6, 6.07) is 11.5. The molecule has 0 saturated carbocycles. The number of aromatic nitrogens is 1. The first kappa shape index (κ1) is 30.6. The summed E-state index contributed by atoms with van der Waals surface area (Å²) in [5, 5.41) is 11.7. The summed E-state index contributed by atoms with van der Waals surface area (Å²) in [4.78, 5) is 30.5. The first-order valence-corrected chi connectivity index (χ1v) is 13.0. The van der Waals surface area contributed by atoms with Gasteiger partial charge in [-0.1, -0.05) is 101 Å². The highest BCUT2D eigenvalue weighted by Gasteiger charge is 2.12. The van der Waals surface area contributed by atoms with Gasteiger partial charge >= 0.3 is 5.97 Å². The highest BCUT2D eigenvalue weighted by molar-refractivity contribution is 5.99. The minimum absolute atomic E-state index is 0.0463. The number of unbranched alkanes of at least 4 members (excludes halogenated alkanes) is 1. The van der Waals surface area contributed by atoms with Gasteiger partial charge in [-0.2, -0.15) is 0 Å². The number of aromatic amines is 1. The minimum Gasteiger partial charge on any atom is -0.481 e. The summed E-state index contributed by atoms with van der Waals surface area (Å²) in [7, 11) is 0. The second-order valence-corrected chi connectivity index (χ2v) is 8.77. The number of H-pyrrole nitrogens is 1. The van der Waals surface area contributed by atoms with Gasteiger partial charge in [0.15, 0.2) is 5.43 Å². The van der Waals surface area contributed by atoms with E-state index in [0.717, 1.165) is 30.5 Å². The van der Waals surface area contributed by atoms with E-state index in [1.54, 1.807) is 12.3 Å². The van der Waals surface area contributed by atoms with E-state index in [0.29, 0.717) is 30.3 Å². The van der Waals surface area contributed by atoms with Gasteiger partial charge < -0.3 is 15.4 Å². The number of aliphatic carboxylic acids is 1. The Labute approximate surface area is 216 Å². The molecule has 2 unspecified atom stereocenters. The van der Waals surface area contributed by atoms with E-state index < -0.39 is 5.97 Å². The van der Waals surface area contributed by atoms with Crippen LogP contribution in [0.1, 0.15) is 72.8 Å². The van der Waals surface area contributed by atoms with Crippen molar-refractivity contribution in [1.29, 1.82) is 0 Å². The van der Waals surface area contributed by atoms with Crippen molar-refractivity contribution in [2.75, 3.05) is 6.54 Å². The van der Waals surface area contributed by atoms with Gasteiger partial charge in [0.05, 0.1) is 12.1 Å². The predicted octanol–water partition coefficient (Wildman–Crippen LogP) is 6.60. The van der Waals surface area contributed by atoms with Crippen LogP contribution in [-0.4, -0.2) is 34.5 Å². The number of amidine groups is 1. The molecular formula is C30H43N3O3. The van der Waals surface area contributed by atoms with Crippen LogP contribution in [0.4, 0.5) is 0 Å². The third-order valence-corrected chi connectivity index (χ3v) is 5.50. The van der Waals surface area contributed by atoms with Crippen molar-refractivity contribution < 1.29 is 9.90 Å². The average Bonchev–Trinajstić information content (AvgIpc) is 2.95. The van der Waals surface area contributed by atoms with Crippen molar-refractivity contribution >= 4 is 11.8 Å². The summed E-state index contributed by atoms with van der Waals surface area (Å²) in [6.45, 7) is 12.7. The molecule has 3 N–H and O–H groups in total. The molecule has 36 heavy (non-hydrogen) atoms. The molecule has 0 saturated heterocycles. The fourth-order valence-corrected chi connectivity index (χ4v) is 3.51. The Kier molecular flexibility index (Phi) is 14.5. The Hall–Kier alpha value is -3.41. The third kappa shape index (κ3) is 11.3. The standard InChI is InChI=1S/C20H21N3O.C8H16O2.C2H6/c1-14-8-9-15(2)23-20(21-11-10-14)17-13-22-18(12-19(17)24)16-6-4-3-5-7-16;1-3-4-5-7(2)6-8(9)10;1-2/h3-10,12-13,15H,11H2,1-2H3,(H,21,23)(H,22,24);7H,3-6H2,1-2H3,(H,9,10);1-2H3/b9-8-,14-10-;;. The van der Waals surface area contributed by atoms with Gasteiger partial charge in [-0.05, 0) is 25.3 Å². The van der Waals surface area contributed by atoms with Crippen molar-refractivity contribution in [3.8, 4) is 11.3 Å². The summed E-state index contributed by atoms with van der Waals surface area (Å²) >= 11 is 0. The molecule has 0 fully saturated rings. The fraction of sp³-hybridized carbons (Fsp3) is 0.433. The molecule has 0 aliphatic carbocycles. The summed E-state index contributed by atoms with van der Waals surface area (Å²) < 4.78 is 0. The van der Waals surface area contributed by atoms with Crippen molar-refractivity contribution in [3.63, 3.8) is 0 Å². The summed E-state index contributed by atoms with van der Waals surface area (Å²) in [5.74, 6) is 0.292. The Balaban J connectivity index is 0.000000458. The highest BCUT2D eigenvalue weighted by Crippen LogP contribution is 2.14. The van der Waals surface area contributed by atoms with Crippen LogP contribution in [-0.2, 0) is 4.79 Å². The zero-order valence-electron chi connectivity index (χ0n) is 22.7. The molecule has 3 rings (SSSR count). The normalized spacial score (nSPS) is 18.0. The largest absolute Gasteiger partial charge is 0.481 e. The zero-order valence-corrected chi connectivity index (χ0v) is 22.7. The maximum Gasteiger partial charge on any atom is 0.303 e. The molecule has 1 aromatic carbocycles. The van der Waals surface area contributed by atoms with Gasteiger partial charge in [-0.15, -0.1) is 0 Å². The maximum atomic E-state index is 12.6. The smallest absolute Gasteiger partial charge is 0.303 e. The number of aliphatic imine (C=N–C) groups is 1. The van der Waals surface area contributed by atoms with Crippen LogP contribution in [0.5, 0.6) is 0 Å². The van der Waals surface area contributed by atoms with Crippen LogP contribution < -0.4 is 10.7 Å². The topological polar surface area (TPSA) is 94.5 Å². The third-order valence-electron chi connectivity index (χ3n) is 5.50. The molecule has 2 heterocycles. The second-order valence-electron chi connectivity index (χ2n) is 8.77. The molecule has 196 valence electrons. The van der Waals surface area contributed by atoms with E-state index in [-0.39, 0.29) is 11.5 Å². The number of carbonyl (C=O) groups is 1. The molecule has 6 heteroatoms. The molecule has 0 amide bonds. The molecule has 0 radical (unpaired) electrons.